The lowest BCUT2D eigenvalue weighted by molar-refractivity contribution is -0.118. The first-order valence-electron chi connectivity index (χ1n) is 15.8. The quantitative estimate of drug-likeness (QED) is 0.204. The van der Waals surface area contributed by atoms with E-state index in [2.05, 4.69) is 34.9 Å². The minimum atomic E-state index is -0.293. The molecule has 47 heavy (non-hydrogen) atoms. The van der Waals surface area contributed by atoms with Gasteiger partial charge in [-0.25, -0.2) is 4.79 Å². The number of carbonyl (C=O) groups is 3. The number of nitrogens with two attached hydrogens (primary N) is 1. The molecule has 1 atom stereocenters. The highest BCUT2D eigenvalue weighted by molar-refractivity contribution is 7.78. The maximum atomic E-state index is 13.7. The largest absolute Gasteiger partial charge is 0.396 e. The van der Waals surface area contributed by atoms with Gasteiger partial charge in [-0.15, -0.1) is 0 Å². The Labute approximate surface area is 282 Å². The monoisotopic (exact) mass is 664 g/mol. The van der Waals surface area contributed by atoms with E-state index >= 15 is 0 Å². The van der Waals surface area contributed by atoms with Crippen LogP contribution in [0.1, 0.15) is 66.1 Å². The molecule has 12 nitrogen and oxygen atoms in total. The number of aryl methyl sites for hydroxylation is 2. The Balaban J connectivity index is 0.000000392. The second-order valence-electron chi connectivity index (χ2n) is 11.9. The molecule has 2 aromatic carbocycles. The number of fused-ring (bicyclic) bond motifs is 2. The Morgan fingerprint density at radius 2 is 1.91 bits per heavy atom. The number of benzene rings is 2. The van der Waals surface area contributed by atoms with Crippen molar-refractivity contribution in [1.29, 1.82) is 0 Å². The minimum Gasteiger partial charge on any atom is -0.396 e. The van der Waals surface area contributed by atoms with Gasteiger partial charge in [0.15, 0.2) is 0 Å². The molecule has 13 heteroatoms. The number of para-hydroxylation sites is 2. The minimum absolute atomic E-state index is 0.0227. The zero-order valence-corrected chi connectivity index (χ0v) is 28.8. The number of thiocarbonyl (C=S) groups is 1. The molecule has 1 unspecified atom stereocenters. The summed E-state index contributed by atoms with van der Waals surface area (Å²) in [6, 6.07) is 13.8. The molecule has 0 saturated carbocycles. The van der Waals surface area contributed by atoms with Crippen LogP contribution in [0.25, 0.3) is 0 Å². The molecule has 5 N–H and O–H groups in total. The van der Waals surface area contributed by atoms with Crippen LogP contribution in [0.2, 0.25) is 0 Å². The summed E-state index contributed by atoms with van der Waals surface area (Å²) in [6.07, 6.45) is 5.67. The third-order valence-corrected chi connectivity index (χ3v) is 8.33. The number of aliphatic hydroxyl groups excluding tert-OH is 1. The van der Waals surface area contributed by atoms with Crippen molar-refractivity contribution in [3.63, 3.8) is 0 Å². The molecular weight excluding hydrogens is 616 g/mol. The fourth-order valence-corrected chi connectivity index (χ4v) is 5.24. The Morgan fingerprint density at radius 3 is 2.53 bits per heavy atom. The van der Waals surface area contributed by atoms with Crippen molar-refractivity contribution >= 4 is 52.7 Å². The number of likely N-dealkylation sites (tertiary alicyclic amines) is 1. The molecule has 0 bridgehead atoms. The molecule has 1 fully saturated rings. The van der Waals surface area contributed by atoms with E-state index in [0.717, 1.165) is 53.3 Å². The molecule has 2 aliphatic heterocycles. The van der Waals surface area contributed by atoms with Gasteiger partial charge in [-0.3, -0.25) is 14.3 Å². The maximum Gasteiger partial charge on any atom is 0.317 e. The zero-order chi connectivity index (χ0) is 34.5. The van der Waals surface area contributed by atoms with Crippen LogP contribution in [0.15, 0.2) is 48.7 Å². The van der Waals surface area contributed by atoms with Crippen molar-refractivity contribution in [1.82, 2.24) is 24.9 Å². The number of carbonyl (C=O) groups excluding carboxylic acids is 3. The lowest BCUT2D eigenvalue weighted by Gasteiger charge is -2.23. The number of nitrogens with zero attached hydrogens (tertiary/aromatic N) is 5. The summed E-state index contributed by atoms with van der Waals surface area (Å²) in [5, 5.41) is 19.0. The molecule has 0 aliphatic carbocycles. The molecule has 254 valence electrons. The average Bonchev–Trinajstić information content (AvgIpc) is 3.59. The summed E-state index contributed by atoms with van der Waals surface area (Å²) < 4.78 is 1.79. The van der Waals surface area contributed by atoms with Gasteiger partial charge in [0, 0.05) is 64.4 Å². The van der Waals surface area contributed by atoms with Crippen LogP contribution in [0.4, 0.5) is 22.0 Å². The van der Waals surface area contributed by atoms with Gasteiger partial charge >= 0.3 is 6.03 Å². The van der Waals surface area contributed by atoms with Crippen molar-refractivity contribution in [2.75, 3.05) is 37.5 Å². The summed E-state index contributed by atoms with van der Waals surface area (Å²) in [4.78, 5) is 41.7. The fourth-order valence-electron chi connectivity index (χ4n) is 5.24. The normalized spacial score (nSPS) is 14.6. The molecule has 1 saturated heterocycles. The average molecular weight is 665 g/mol. The van der Waals surface area contributed by atoms with Crippen LogP contribution in [-0.2, 0) is 24.9 Å². The molecule has 3 heterocycles. The van der Waals surface area contributed by atoms with Crippen LogP contribution in [0, 0.1) is 6.92 Å². The standard InChI is InChI=1S/C26H30N6O2.C5H11NO2.C3H7NS/c1-17-13-19(10-11-20(17)14-27-26(34)31-12-6-7-18(31)2)25(33)32-16-21-15-28-30(3)24(21)29-22-8-4-5-9-23(22)32;6-5(8)3-1-2-4-7;1-4(2)3-5/h4-5,8-11,13,15,18,29H,6-7,12,14,16H2,1-3H3,(H,27,34);7H,1-4H2,(H2,6,8);3H,1-2H3. The summed E-state index contributed by atoms with van der Waals surface area (Å²) in [7, 11) is 5.68. The van der Waals surface area contributed by atoms with Crippen LogP contribution in [-0.4, -0.2) is 81.3 Å². The Hall–Kier alpha value is -4.49. The molecular formula is C34H48N8O4S. The highest BCUT2D eigenvalue weighted by Crippen LogP contribution is 2.36. The Bertz CT molecular complexity index is 1530. The Kier molecular flexibility index (Phi) is 14.2. The number of urea groups is 1. The van der Waals surface area contributed by atoms with Gasteiger partial charge in [0.25, 0.3) is 5.91 Å². The number of hydrogen-bond donors (Lipinski definition) is 4. The summed E-state index contributed by atoms with van der Waals surface area (Å²) >= 11 is 4.48. The predicted molar refractivity (Wildman–Crippen MR) is 190 cm³/mol. The van der Waals surface area contributed by atoms with E-state index in [4.69, 9.17) is 10.8 Å². The van der Waals surface area contributed by atoms with Crippen molar-refractivity contribution in [2.24, 2.45) is 12.8 Å². The Morgan fingerprint density at radius 1 is 1.19 bits per heavy atom. The number of aliphatic hydroxyl groups is 1. The van der Waals surface area contributed by atoms with E-state index in [-0.39, 0.29) is 30.5 Å². The van der Waals surface area contributed by atoms with Crippen molar-refractivity contribution in [3.05, 3.63) is 70.9 Å². The predicted octanol–water partition coefficient (Wildman–Crippen LogP) is 4.47. The lowest BCUT2D eigenvalue weighted by atomic mass is 10.0. The van der Waals surface area contributed by atoms with E-state index in [1.165, 1.54) is 0 Å². The number of primary amides is 1. The molecule has 0 spiro atoms. The van der Waals surface area contributed by atoms with Gasteiger partial charge in [0.05, 0.1) is 29.6 Å². The summed E-state index contributed by atoms with van der Waals surface area (Å²) in [6.45, 7) is 5.89. The van der Waals surface area contributed by atoms with Gasteiger partial charge in [-0.2, -0.15) is 5.10 Å². The van der Waals surface area contributed by atoms with Crippen LogP contribution >= 0.6 is 12.2 Å². The highest BCUT2D eigenvalue weighted by atomic mass is 32.1. The first-order valence-corrected chi connectivity index (χ1v) is 16.3. The number of aromatic nitrogens is 2. The molecule has 0 radical (unpaired) electrons. The highest BCUT2D eigenvalue weighted by Gasteiger charge is 2.27. The van der Waals surface area contributed by atoms with Crippen molar-refractivity contribution in [3.8, 4) is 0 Å². The zero-order valence-electron chi connectivity index (χ0n) is 28.0. The summed E-state index contributed by atoms with van der Waals surface area (Å²) in [5.74, 6) is 0.520. The van der Waals surface area contributed by atoms with Gasteiger partial charge in [0.1, 0.15) is 5.82 Å². The number of unbranched alkanes of at least 4 members (excludes halogenated alkanes) is 1. The number of nitrogens with one attached hydrogen (secondary N) is 2. The first-order chi connectivity index (χ1) is 22.5. The van der Waals surface area contributed by atoms with E-state index in [0.29, 0.717) is 37.9 Å². The number of hydrogen-bond acceptors (Lipinski definition) is 7. The number of rotatable bonds is 8. The van der Waals surface area contributed by atoms with Gasteiger partial charge in [-0.1, -0.05) is 30.4 Å². The third kappa shape index (κ3) is 10.5. The van der Waals surface area contributed by atoms with Crippen LogP contribution < -0.4 is 21.3 Å². The smallest absolute Gasteiger partial charge is 0.317 e. The third-order valence-electron chi connectivity index (χ3n) is 7.91. The molecule has 4 amide bonds. The second-order valence-corrected chi connectivity index (χ2v) is 12.1. The van der Waals surface area contributed by atoms with Crippen molar-refractivity contribution in [2.45, 2.75) is 65.1 Å². The summed E-state index contributed by atoms with van der Waals surface area (Å²) in [5.41, 5.74) is 11.6. The van der Waals surface area contributed by atoms with Crippen LogP contribution in [0.3, 0.4) is 0 Å². The van der Waals surface area contributed by atoms with E-state index in [9.17, 15) is 14.4 Å². The fraction of sp³-hybridized carbons (Fsp3) is 0.441. The lowest BCUT2D eigenvalue weighted by Crippen LogP contribution is -2.41. The molecule has 5 rings (SSSR count). The first kappa shape index (κ1) is 37.0. The van der Waals surface area contributed by atoms with Gasteiger partial charge in [-0.05, 0) is 74.9 Å². The molecule has 1 aromatic heterocycles. The number of anilines is 3. The molecule has 3 aromatic rings. The van der Waals surface area contributed by atoms with E-state index < -0.39 is 0 Å². The van der Waals surface area contributed by atoms with Crippen molar-refractivity contribution < 1.29 is 19.5 Å². The van der Waals surface area contributed by atoms with E-state index in [1.54, 1.807) is 21.3 Å². The van der Waals surface area contributed by atoms with Gasteiger partial charge in [0.2, 0.25) is 5.91 Å². The topological polar surface area (TPSA) is 149 Å². The maximum absolute atomic E-state index is 13.7. The SMILES string of the molecule is CN(C)C=S.Cc1cc(C(=O)N2Cc3cnn(C)c3Nc3ccccc32)ccc1CNC(=O)N1CCCC1C.NC(=O)CCCCO. The van der Waals surface area contributed by atoms with Crippen LogP contribution in [0.5, 0.6) is 0 Å². The van der Waals surface area contributed by atoms with E-state index in [1.807, 2.05) is 80.3 Å². The molecule has 2 aliphatic rings. The number of amides is 4. The van der Waals surface area contributed by atoms with Gasteiger partial charge < -0.3 is 36.2 Å². The second kappa shape index (κ2) is 18.0.